The van der Waals surface area contributed by atoms with E-state index in [1.165, 1.54) is 18.0 Å². The molecule has 0 unspecified atom stereocenters. The number of amides is 1. The van der Waals surface area contributed by atoms with E-state index in [9.17, 15) is 25.0 Å². The monoisotopic (exact) mass is 479 g/mol. The average Bonchev–Trinajstić information content (AvgIpc) is 3.09. The highest BCUT2D eigenvalue weighted by atomic mass is 79.9. The number of nitro groups is 2. The number of hydrogen-bond donors (Lipinski definition) is 1. The van der Waals surface area contributed by atoms with Crippen molar-refractivity contribution < 1.29 is 19.4 Å². The van der Waals surface area contributed by atoms with Gasteiger partial charge in [0.05, 0.1) is 27.9 Å². The Morgan fingerprint density at radius 3 is 2.55 bits per heavy atom. The third-order valence-electron chi connectivity index (χ3n) is 3.47. The molecule has 0 radical (unpaired) electrons. The van der Waals surface area contributed by atoms with Crippen molar-refractivity contribution >= 4 is 56.4 Å². The van der Waals surface area contributed by atoms with Crippen molar-refractivity contribution in [2.24, 2.45) is 10.2 Å². The molecule has 1 saturated heterocycles. The second-order valence-electron chi connectivity index (χ2n) is 5.44. The number of carbonyl (C=O) groups excluding carboxylic acids is 1. The minimum atomic E-state index is -0.763. The molecule has 3 rings (SSSR count). The number of halogens is 1. The van der Waals surface area contributed by atoms with Gasteiger partial charge in [-0.25, -0.2) is 0 Å². The Balaban J connectivity index is 1.91. The zero-order valence-electron chi connectivity index (χ0n) is 14.3. The molecule has 29 heavy (non-hydrogen) atoms. The van der Waals surface area contributed by atoms with E-state index in [1.54, 1.807) is 18.2 Å². The van der Waals surface area contributed by atoms with Crippen molar-refractivity contribution in [2.45, 2.75) is 0 Å². The van der Waals surface area contributed by atoms with E-state index in [0.29, 0.717) is 15.2 Å². The third kappa shape index (κ3) is 5.14. The second kappa shape index (κ2) is 8.79. The van der Waals surface area contributed by atoms with Gasteiger partial charge in [-0.05, 0) is 24.3 Å². The van der Waals surface area contributed by atoms with Crippen LogP contribution in [0, 0.1) is 20.2 Å². The molecule has 0 aliphatic carbocycles. The van der Waals surface area contributed by atoms with Gasteiger partial charge in [-0.15, -0.1) is 5.10 Å². The van der Waals surface area contributed by atoms with Crippen LogP contribution in [0.4, 0.5) is 11.4 Å². The van der Waals surface area contributed by atoms with Gasteiger partial charge < -0.3 is 10.1 Å². The molecular weight excluding hydrogens is 470 g/mol. The van der Waals surface area contributed by atoms with Gasteiger partial charge in [-0.2, -0.15) is 5.10 Å². The molecule has 1 N–H and O–H groups in total. The first-order valence-electron chi connectivity index (χ1n) is 7.77. The minimum absolute atomic E-state index is 0.164. The molecule has 2 aromatic rings. The van der Waals surface area contributed by atoms with Crippen LogP contribution in [-0.2, 0) is 4.79 Å². The van der Waals surface area contributed by atoms with Gasteiger partial charge in [0.2, 0.25) is 11.7 Å². The van der Waals surface area contributed by atoms with Crippen LogP contribution in [0.25, 0.3) is 0 Å². The number of non-ortho nitro benzene ring substituents is 1. The molecular formula is C16H10BrN5O6S. The summed E-state index contributed by atoms with van der Waals surface area (Å²) < 4.78 is 6.33. The molecule has 13 heteroatoms. The molecule has 1 fully saturated rings. The summed E-state index contributed by atoms with van der Waals surface area (Å²) in [7, 11) is 0. The molecule has 0 spiro atoms. The zero-order chi connectivity index (χ0) is 21.0. The molecule has 0 atom stereocenters. The summed E-state index contributed by atoms with van der Waals surface area (Å²) in [6.07, 6.45) is 1.36. The largest absolute Gasteiger partial charge is 0.449 e. The topological polar surface area (TPSA) is 149 Å². The standard InChI is InChI=1S/C16H10BrN5O6S/c17-10-1-3-13(9(5-10)7-18-20-16-19-15(23)8-29-16)28-14-4-2-11(21(24)25)6-12(14)22(26)27/h1-7H,8H2,(H,19,20,23). The summed E-state index contributed by atoms with van der Waals surface area (Å²) in [5.74, 6) is 0.157. The number of nitrogens with zero attached hydrogens (tertiary/aromatic N) is 4. The zero-order valence-corrected chi connectivity index (χ0v) is 16.7. The first kappa shape index (κ1) is 20.4. The van der Waals surface area contributed by atoms with Gasteiger partial charge in [0, 0.05) is 16.1 Å². The van der Waals surface area contributed by atoms with Gasteiger partial charge in [0.25, 0.3) is 5.69 Å². The fraction of sp³-hybridized carbons (Fsp3) is 0.0625. The van der Waals surface area contributed by atoms with Gasteiger partial charge in [0.1, 0.15) is 5.75 Å². The SMILES string of the molecule is O=C1CSC(=NN=Cc2cc(Br)ccc2Oc2ccc([N+](=O)[O-])cc2[N+](=O)[O-])N1. The molecule has 1 aliphatic heterocycles. The molecule has 148 valence electrons. The molecule has 0 bridgehead atoms. The summed E-state index contributed by atoms with van der Waals surface area (Å²) in [4.78, 5) is 31.8. The van der Waals surface area contributed by atoms with E-state index in [4.69, 9.17) is 4.74 Å². The maximum atomic E-state index is 11.3. The van der Waals surface area contributed by atoms with Crippen molar-refractivity contribution in [3.05, 3.63) is 66.7 Å². The Morgan fingerprint density at radius 2 is 1.90 bits per heavy atom. The van der Waals surface area contributed by atoms with E-state index in [1.807, 2.05) is 0 Å². The number of ether oxygens (including phenoxy) is 1. The number of carbonyl (C=O) groups is 1. The fourth-order valence-electron chi connectivity index (χ4n) is 2.20. The summed E-state index contributed by atoms with van der Waals surface area (Å²) >= 11 is 4.52. The highest BCUT2D eigenvalue weighted by molar-refractivity contribution is 9.10. The van der Waals surface area contributed by atoms with Crippen LogP contribution in [0.3, 0.4) is 0 Å². The molecule has 2 aromatic carbocycles. The minimum Gasteiger partial charge on any atom is -0.449 e. The van der Waals surface area contributed by atoms with E-state index in [-0.39, 0.29) is 23.2 Å². The Labute approximate surface area is 175 Å². The Bertz CT molecular complexity index is 1070. The van der Waals surface area contributed by atoms with Crippen LogP contribution in [0.15, 0.2) is 51.1 Å². The van der Waals surface area contributed by atoms with Crippen molar-refractivity contribution in [1.29, 1.82) is 0 Å². The fourth-order valence-corrected chi connectivity index (χ4v) is 3.21. The highest BCUT2D eigenvalue weighted by Crippen LogP contribution is 2.36. The van der Waals surface area contributed by atoms with Crippen LogP contribution in [0.5, 0.6) is 11.5 Å². The number of amidine groups is 1. The van der Waals surface area contributed by atoms with Gasteiger partial charge >= 0.3 is 5.69 Å². The first-order valence-corrected chi connectivity index (χ1v) is 9.55. The Morgan fingerprint density at radius 1 is 1.14 bits per heavy atom. The van der Waals surface area contributed by atoms with Crippen LogP contribution >= 0.6 is 27.7 Å². The quantitative estimate of drug-likeness (QED) is 0.377. The lowest BCUT2D eigenvalue weighted by molar-refractivity contribution is -0.394. The van der Waals surface area contributed by atoms with Crippen LogP contribution < -0.4 is 10.1 Å². The smallest absolute Gasteiger partial charge is 0.318 e. The highest BCUT2D eigenvalue weighted by Gasteiger charge is 2.22. The van der Waals surface area contributed by atoms with Crippen LogP contribution in [-0.4, -0.2) is 32.9 Å². The number of hydrogen-bond acceptors (Lipinski definition) is 9. The lowest BCUT2D eigenvalue weighted by atomic mass is 10.2. The third-order valence-corrected chi connectivity index (χ3v) is 4.83. The van der Waals surface area contributed by atoms with E-state index in [2.05, 4.69) is 31.4 Å². The number of rotatable bonds is 6. The predicted octanol–water partition coefficient (Wildman–Crippen LogP) is 3.61. The summed E-state index contributed by atoms with van der Waals surface area (Å²) in [6, 6.07) is 7.95. The lowest BCUT2D eigenvalue weighted by Gasteiger charge is -2.09. The predicted molar refractivity (Wildman–Crippen MR) is 110 cm³/mol. The Hall–Kier alpha value is -3.32. The molecule has 1 amide bonds. The van der Waals surface area contributed by atoms with Gasteiger partial charge in [-0.1, -0.05) is 27.7 Å². The van der Waals surface area contributed by atoms with Gasteiger partial charge in [-0.3, -0.25) is 25.0 Å². The van der Waals surface area contributed by atoms with Crippen molar-refractivity contribution in [2.75, 3.05) is 5.75 Å². The molecule has 0 aromatic heterocycles. The maximum absolute atomic E-state index is 11.3. The van der Waals surface area contributed by atoms with Crippen molar-refractivity contribution in [1.82, 2.24) is 5.32 Å². The van der Waals surface area contributed by atoms with Crippen molar-refractivity contribution in [3.8, 4) is 11.5 Å². The summed E-state index contributed by atoms with van der Waals surface area (Å²) in [5, 5.41) is 32.8. The summed E-state index contributed by atoms with van der Waals surface area (Å²) in [6.45, 7) is 0. The molecule has 11 nitrogen and oxygen atoms in total. The van der Waals surface area contributed by atoms with E-state index >= 15 is 0 Å². The maximum Gasteiger partial charge on any atom is 0.318 e. The number of benzene rings is 2. The van der Waals surface area contributed by atoms with Crippen LogP contribution in [0.1, 0.15) is 5.56 Å². The first-order chi connectivity index (χ1) is 13.8. The number of nitro benzene ring substituents is 2. The summed E-state index contributed by atoms with van der Waals surface area (Å²) in [5.41, 5.74) is -0.533. The number of thioether (sulfide) groups is 1. The average molecular weight is 480 g/mol. The van der Waals surface area contributed by atoms with E-state index < -0.39 is 21.2 Å². The second-order valence-corrected chi connectivity index (χ2v) is 7.32. The van der Waals surface area contributed by atoms with E-state index in [0.717, 1.165) is 18.2 Å². The molecule has 0 saturated carbocycles. The van der Waals surface area contributed by atoms with Gasteiger partial charge in [0.15, 0.2) is 5.17 Å². The molecule has 1 heterocycles. The normalized spacial score (nSPS) is 14.9. The lowest BCUT2D eigenvalue weighted by Crippen LogP contribution is -2.19. The molecule has 1 aliphatic rings. The van der Waals surface area contributed by atoms with Crippen molar-refractivity contribution in [3.63, 3.8) is 0 Å². The Kier molecular flexibility index (Phi) is 6.19. The number of nitrogens with one attached hydrogen (secondary N) is 1. The van der Waals surface area contributed by atoms with Crippen LogP contribution in [0.2, 0.25) is 0 Å².